The number of nitrogens with zero attached hydrogens (tertiary/aromatic N) is 3. The van der Waals surface area contributed by atoms with E-state index in [1.54, 1.807) is 12.1 Å². The Morgan fingerprint density at radius 2 is 1.71 bits per heavy atom. The Bertz CT molecular complexity index is 527. The average molecular weight is 236 g/mol. The number of rotatable bonds is 0. The van der Waals surface area contributed by atoms with E-state index in [9.17, 15) is 9.59 Å². The van der Waals surface area contributed by atoms with E-state index < -0.39 is 18.1 Å². The van der Waals surface area contributed by atoms with Gasteiger partial charge < -0.3 is 15.9 Å². The van der Waals surface area contributed by atoms with Crippen LogP contribution in [-0.2, 0) is 0 Å². The molecule has 8 heteroatoms. The molecule has 0 spiro atoms. The van der Waals surface area contributed by atoms with Crippen LogP contribution in [0.3, 0.4) is 0 Å². The van der Waals surface area contributed by atoms with Crippen LogP contribution >= 0.6 is 0 Å². The zero-order chi connectivity index (χ0) is 12.6. The molecule has 88 valence electrons. The molecule has 1 aromatic rings. The number of carboxylic acid groups (broad SMARTS) is 2. The maximum Gasteiger partial charge on any atom is 0.432 e. The predicted octanol–water partition coefficient (Wildman–Crippen LogP) is 0.899. The second-order valence-electron chi connectivity index (χ2n) is 3.16. The summed E-state index contributed by atoms with van der Waals surface area (Å²) < 4.78 is 0. The van der Waals surface area contributed by atoms with E-state index in [0.717, 1.165) is 4.90 Å². The zero-order valence-electron chi connectivity index (χ0n) is 8.44. The first-order valence-electron chi connectivity index (χ1n) is 4.51. The lowest BCUT2D eigenvalue weighted by Gasteiger charge is -2.28. The normalized spacial score (nSPS) is 14.0. The molecule has 8 nitrogen and oxygen atoms in total. The molecular formula is C9H8N4O4. The number of benzene rings is 1. The number of hydrazone groups is 1. The minimum absolute atomic E-state index is 0.136. The van der Waals surface area contributed by atoms with E-state index in [4.69, 9.17) is 15.9 Å². The summed E-state index contributed by atoms with van der Waals surface area (Å²) in [5.41, 5.74) is 5.70. The molecule has 0 radical (unpaired) electrons. The van der Waals surface area contributed by atoms with Crippen molar-refractivity contribution in [2.45, 2.75) is 0 Å². The van der Waals surface area contributed by atoms with Crippen LogP contribution in [0, 0.1) is 0 Å². The Balaban J connectivity index is 2.62. The first-order valence-corrected chi connectivity index (χ1v) is 4.51. The zero-order valence-corrected chi connectivity index (χ0v) is 8.44. The SMILES string of the molecule is NC1=NN(C(=O)O)c2ccccc2N1C(=O)O. The molecule has 0 fully saturated rings. The lowest BCUT2D eigenvalue weighted by atomic mass is 10.2. The summed E-state index contributed by atoms with van der Waals surface area (Å²) in [5.74, 6) is -0.418. The third-order valence-electron chi connectivity index (χ3n) is 2.15. The lowest BCUT2D eigenvalue weighted by Crippen LogP contribution is -2.47. The van der Waals surface area contributed by atoms with E-state index in [1.165, 1.54) is 12.1 Å². The van der Waals surface area contributed by atoms with Gasteiger partial charge in [-0.15, -0.1) is 5.10 Å². The summed E-state index contributed by atoms with van der Waals surface area (Å²) in [6.07, 6.45) is -2.67. The van der Waals surface area contributed by atoms with Crippen LogP contribution < -0.4 is 15.6 Å². The molecule has 0 aromatic heterocycles. The first-order chi connectivity index (χ1) is 8.02. The van der Waals surface area contributed by atoms with Gasteiger partial charge in [0.1, 0.15) is 0 Å². The van der Waals surface area contributed by atoms with Gasteiger partial charge in [0.2, 0.25) is 5.96 Å². The molecule has 1 aromatic carbocycles. The summed E-state index contributed by atoms with van der Waals surface area (Å²) in [5, 5.41) is 22.0. The van der Waals surface area contributed by atoms with Crippen molar-refractivity contribution in [3.63, 3.8) is 0 Å². The predicted molar refractivity (Wildman–Crippen MR) is 59.1 cm³/mol. The van der Waals surface area contributed by atoms with Gasteiger partial charge in [0, 0.05) is 0 Å². The second-order valence-corrected chi connectivity index (χ2v) is 3.16. The van der Waals surface area contributed by atoms with Gasteiger partial charge in [-0.1, -0.05) is 12.1 Å². The highest BCUT2D eigenvalue weighted by molar-refractivity contribution is 6.17. The molecule has 0 saturated heterocycles. The highest BCUT2D eigenvalue weighted by atomic mass is 16.4. The smallest absolute Gasteiger partial charge is 0.432 e. The molecule has 17 heavy (non-hydrogen) atoms. The van der Waals surface area contributed by atoms with Crippen LogP contribution in [0.1, 0.15) is 0 Å². The van der Waals surface area contributed by atoms with Gasteiger partial charge >= 0.3 is 12.2 Å². The Labute approximate surface area is 95.2 Å². The molecule has 0 saturated carbocycles. The number of anilines is 2. The summed E-state index contributed by atoms with van der Waals surface area (Å²) in [6.45, 7) is 0. The molecule has 1 aliphatic rings. The van der Waals surface area contributed by atoms with Crippen LogP contribution in [-0.4, -0.2) is 28.4 Å². The molecule has 0 bridgehead atoms. The van der Waals surface area contributed by atoms with Gasteiger partial charge in [-0.3, -0.25) is 0 Å². The quantitative estimate of drug-likeness (QED) is 0.618. The Hall–Kier alpha value is -2.77. The fourth-order valence-corrected chi connectivity index (χ4v) is 1.50. The van der Waals surface area contributed by atoms with Crippen molar-refractivity contribution < 1.29 is 19.8 Å². The minimum Gasteiger partial charge on any atom is -0.464 e. The maximum atomic E-state index is 11.0. The molecule has 2 rings (SSSR count). The van der Waals surface area contributed by atoms with Gasteiger partial charge in [0.15, 0.2) is 0 Å². The van der Waals surface area contributed by atoms with Crippen LogP contribution in [0.2, 0.25) is 0 Å². The van der Waals surface area contributed by atoms with Crippen molar-refractivity contribution in [1.82, 2.24) is 0 Å². The van der Waals surface area contributed by atoms with E-state index in [0.29, 0.717) is 5.01 Å². The van der Waals surface area contributed by atoms with Gasteiger partial charge in [-0.05, 0) is 12.1 Å². The number of nitrogens with two attached hydrogens (primary N) is 1. The second kappa shape index (κ2) is 3.67. The topological polar surface area (TPSA) is 119 Å². The summed E-state index contributed by atoms with van der Waals surface area (Å²) in [6, 6.07) is 6.04. The summed E-state index contributed by atoms with van der Waals surface area (Å²) in [4.78, 5) is 22.7. The molecule has 0 atom stereocenters. The highest BCUT2D eigenvalue weighted by Gasteiger charge is 2.31. The number of amides is 2. The third kappa shape index (κ3) is 1.61. The van der Waals surface area contributed by atoms with Crippen molar-refractivity contribution in [2.24, 2.45) is 10.8 Å². The number of hydrogen-bond donors (Lipinski definition) is 3. The summed E-state index contributed by atoms with van der Waals surface area (Å²) in [7, 11) is 0. The van der Waals surface area contributed by atoms with E-state index in [1.807, 2.05) is 0 Å². The van der Waals surface area contributed by atoms with Crippen molar-refractivity contribution in [1.29, 1.82) is 0 Å². The monoisotopic (exact) mass is 236 g/mol. The lowest BCUT2D eigenvalue weighted by molar-refractivity contribution is 0.200. The van der Waals surface area contributed by atoms with Crippen molar-refractivity contribution in [3.8, 4) is 0 Å². The van der Waals surface area contributed by atoms with Gasteiger partial charge in [0.05, 0.1) is 11.4 Å². The van der Waals surface area contributed by atoms with Gasteiger partial charge in [-0.2, -0.15) is 5.01 Å². The average Bonchev–Trinajstić information content (AvgIpc) is 2.27. The van der Waals surface area contributed by atoms with Crippen LogP contribution in [0.5, 0.6) is 0 Å². The first kappa shape index (κ1) is 10.7. The van der Waals surface area contributed by atoms with Crippen LogP contribution in [0.25, 0.3) is 0 Å². The van der Waals surface area contributed by atoms with Crippen molar-refractivity contribution in [3.05, 3.63) is 24.3 Å². The minimum atomic E-state index is -1.34. The number of para-hydroxylation sites is 2. The molecule has 2 amide bonds. The fraction of sp³-hybridized carbons (Fsp3) is 0. The molecule has 0 unspecified atom stereocenters. The van der Waals surface area contributed by atoms with Crippen LogP contribution in [0.15, 0.2) is 29.4 Å². The number of fused-ring (bicyclic) bond motifs is 1. The van der Waals surface area contributed by atoms with Crippen LogP contribution in [0.4, 0.5) is 21.0 Å². The Morgan fingerprint density at radius 3 is 2.24 bits per heavy atom. The molecule has 1 heterocycles. The van der Waals surface area contributed by atoms with Crippen molar-refractivity contribution >= 4 is 29.5 Å². The van der Waals surface area contributed by atoms with Gasteiger partial charge in [0.25, 0.3) is 0 Å². The number of carbonyl (C=O) groups is 2. The highest BCUT2D eigenvalue weighted by Crippen LogP contribution is 2.32. The van der Waals surface area contributed by atoms with E-state index in [-0.39, 0.29) is 11.4 Å². The third-order valence-corrected chi connectivity index (χ3v) is 2.15. The maximum absolute atomic E-state index is 11.0. The van der Waals surface area contributed by atoms with Gasteiger partial charge in [-0.25, -0.2) is 14.5 Å². The molecule has 0 aliphatic carbocycles. The number of guanidine groups is 1. The standard InChI is InChI=1S/C9H8N4O4/c10-7-11-13(9(16)17)6-4-2-1-3-5(6)12(7)8(14)15/h1-4H,(H2,10,11)(H,14,15)(H,16,17). The number of hydrogen-bond acceptors (Lipinski definition) is 4. The Kier molecular flexibility index (Phi) is 2.32. The molecular weight excluding hydrogens is 228 g/mol. The fourth-order valence-electron chi connectivity index (χ4n) is 1.50. The van der Waals surface area contributed by atoms with Crippen molar-refractivity contribution in [2.75, 3.05) is 9.91 Å². The van der Waals surface area contributed by atoms with E-state index in [2.05, 4.69) is 5.10 Å². The molecule has 4 N–H and O–H groups in total. The Morgan fingerprint density at radius 1 is 1.12 bits per heavy atom. The molecule has 1 aliphatic heterocycles. The largest absolute Gasteiger partial charge is 0.464 e. The summed E-state index contributed by atoms with van der Waals surface area (Å²) >= 11 is 0. The van der Waals surface area contributed by atoms with E-state index >= 15 is 0 Å².